The molecule has 0 atom stereocenters. The highest BCUT2D eigenvalue weighted by molar-refractivity contribution is 7.73. The maximum absolute atomic E-state index is 12.0. The summed E-state index contributed by atoms with van der Waals surface area (Å²) in [6.45, 7) is 0.298. The van der Waals surface area contributed by atoms with Crippen LogP contribution < -0.4 is 5.32 Å². The van der Waals surface area contributed by atoms with E-state index in [0.717, 1.165) is 16.8 Å². The van der Waals surface area contributed by atoms with Gasteiger partial charge < -0.3 is 10.4 Å². The first-order valence-electron chi connectivity index (χ1n) is 8.09. The Morgan fingerprint density at radius 1 is 1.37 bits per heavy atom. The first-order chi connectivity index (χ1) is 13.1. The Bertz CT molecular complexity index is 1110. The van der Waals surface area contributed by atoms with Crippen LogP contribution in [0, 0.1) is 3.95 Å². The molecule has 6 nitrogen and oxygen atoms in total. The number of carbonyl (C=O) groups excluding carboxylic acids is 1. The molecule has 0 unspecified atom stereocenters. The molecule has 0 saturated carbocycles. The summed E-state index contributed by atoms with van der Waals surface area (Å²) in [4.78, 5) is 21.1. The summed E-state index contributed by atoms with van der Waals surface area (Å²) in [6.07, 6.45) is 5.47. The van der Waals surface area contributed by atoms with Gasteiger partial charge >= 0.3 is 0 Å². The summed E-state index contributed by atoms with van der Waals surface area (Å²) in [5, 5.41) is 15.6. The number of anilines is 1. The summed E-state index contributed by atoms with van der Waals surface area (Å²) in [5.41, 5.74) is 2.85. The highest BCUT2D eigenvalue weighted by Gasteiger charge is 2.16. The molecule has 2 N–H and O–H groups in total. The number of nitrogens with zero attached hydrogens (tertiary/aromatic N) is 3. The van der Waals surface area contributed by atoms with Gasteiger partial charge in [0.1, 0.15) is 0 Å². The van der Waals surface area contributed by atoms with Crippen molar-refractivity contribution < 1.29 is 9.90 Å². The lowest BCUT2D eigenvalue weighted by Gasteiger charge is -2.05. The third-order valence-corrected chi connectivity index (χ3v) is 6.05. The molecule has 2 aromatic heterocycles. The van der Waals surface area contributed by atoms with E-state index in [1.807, 2.05) is 30.3 Å². The molecule has 0 fully saturated rings. The fourth-order valence-electron chi connectivity index (χ4n) is 2.68. The molecule has 0 spiro atoms. The van der Waals surface area contributed by atoms with E-state index in [2.05, 4.69) is 15.3 Å². The monoisotopic (exact) mass is 414 g/mol. The number of aromatic nitrogens is 2. The molecule has 0 aliphatic carbocycles. The predicted octanol–water partition coefficient (Wildman–Crippen LogP) is 4.73. The number of amides is 1. The van der Waals surface area contributed by atoms with Crippen molar-refractivity contribution >= 4 is 69.5 Å². The van der Waals surface area contributed by atoms with Gasteiger partial charge in [-0.2, -0.15) is 0 Å². The topological polar surface area (TPSA) is 79.5 Å². The zero-order valence-electron chi connectivity index (χ0n) is 14.0. The van der Waals surface area contributed by atoms with Gasteiger partial charge in [-0.3, -0.25) is 14.4 Å². The highest BCUT2D eigenvalue weighted by Crippen LogP contribution is 2.35. The van der Waals surface area contributed by atoms with Gasteiger partial charge in [-0.25, -0.2) is 4.98 Å². The maximum Gasteiger partial charge on any atom is 0.227 e. The van der Waals surface area contributed by atoms with Gasteiger partial charge in [0.2, 0.25) is 11.8 Å². The fraction of sp³-hybridized carbons (Fsp3) is 0.111. The van der Waals surface area contributed by atoms with Gasteiger partial charge in [0.15, 0.2) is 9.09 Å². The second-order valence-electron chi connectivity index (χ2n) is 5.72. The number of thiazole rings is 2. The van der Waals surface area contributed by atoms with E-state index in [1.54, 1.807) is 22.4 Å². The van der Waals surface area contributed by atoms with Crippen molar-refractivity contribution in [3.63, 3.8) is 0 Å². The summed E-state index contributed by atoms with van der Waals surface area (Å²) in [5.74, 6) is -0.105. The molecule has 0 saturated heterocycles. The number of fused-ring (bicyclic) bond motifs is 1. The third kappa shape index (κ3) is 3.75. The molecule has 3 aromatic rings. The van der Waals surface area contributed by atoms with Crippen LogP contribution in [0.3, 0.4) is 0 Å². The van der Waals surface area contributed by atoms with Crippen molar-refractivity contribution in [2.45, 2.75) is 13.0 Å². The molecular formula is C18H14N4O2S3. The number of nitrogens with one attached hydrogen (secondary N) is 1. The highest BCUT2D eigenvalue weighted by atomic mass is 32.1. The van der Waals surface area contributed by atoms with Crippen LogP contribution in [0.15, 0.2) is 40.8 Å². The predicted molar refractivity (Wildman–Crippen MR) is 113 cm³/mol. The Labute approximate surface area is 168 Å². The number of para-hydroxylation sites is 1. The number of allylic oxidation sites excluding steroid dienone is 1. The van der Waals surface area contributed by atoms with Crippen LogP contribution in [0.2, 0.25) is 0 Å². The van der Waals surface area contributed by atoms with Crippen LogP contribution in [0.4, 0.5) is 10.8 Å². The number of benzene rings is 1. The van der Waals surface area contributed by atoms with Gasteiger partial charge in [-0.1, -0.05) is 18.2 Å². The molecule has 9 heteroatoms. The van der Waals surface area contributed by atoms with Gasteiger partial charge in [-0.05, 0) is 24.4 Å². The molecule has 4 rings (SSSR count). The Balaban J connectivity index is 1.51. The number of hydrogen-bond donors (Lipinski definition) is 2. The van der Waals surface area contributed by atoms with Crippen LogP contribution in [0.1, 0.15) is 16.9 Å². The summed E-state index contributed by atoms with van der Waals surface area (Å²) >= 11 is 8.03. The van der Waals surface area contributed by atoms with Gasteiger partial charge in [0.25, 0.3) is 0 Å². The quantitative estimate of drug-likeness (QED) is 0.592. The average molecular weight is 415 g/mol. The van der Waals surface area contributed by atoms with E-state index in [9.17, 15) is 9.90 Å². The molecule has 1 aromatic carbocycles. The van der Waals surface area contributed by atoms with Crippen molar-refractivity contribution in [3.8, 4) is 5.88 Å². The van der Waals surface area contributed by atoms with Crippen LogP contribution in [-0.4, -0.2) is 26.8 Å². The first kappa shape index (κ1) is 17.8. The Kier molecular flexibility index (Phi) is 4.97. The summed E-state index contributed by atoms with van der Waals surface area (Å²) in [6, 6.07) is 7.83. The molecule has 1 aliphatic rings. The number of aliphatic imine (C=N–C) groups is 1. The van der Waals surface area contributed by atoms with Crippen LogP contribution in [0.5, 0.6) is 5.88 Å². The molecule has 1 amide bonds. The fourth-order valence-corrected chi connectivity index (χ4v) is 4.54. The largest absolute Gasteiger partial charge is 0.493 e. The Morgan fingerprint density at radius 2 is 2.22 bits per heavy atom. The third-order valence-electron chi connectivity index (χ3n) is 3.98. The zero-order chi connectivity index (χ0) is 18.8. The Morgan fingerprint density at radius 3 is 3.04 bits per heavy atom. The van der Waals surface area contributed by atoms with Crippen molar-refractivity contribution in [1.29, 1.82) is 0 Å². The first-order valence-corrected chi connectivity index (χ1v) is 10.2. The molecule has 3 heterocycles. The van der Waals surface area contributed by atoms with Crippen LogP contribution in [-0.2, 0) is 11.3 Å². The van der Waals surface area contributed by atoms with E-state index in [4.69, 9.17) is 12.2 Å². The van der Waals surface area contributed by atoms with E-state index >= 15 is 0 Å². The lowest BCUT2D eigenvalue weighted by atomic mass is 10.1. The van der Waals surface area contributed by atoms with E-state index < -0.39 is 0 Å². The lowest BCUT2D eigenvalue weighted by molar-refractivity contribution is -0.116. The summed E-state index contributed by atoms with van der Waals surface area (Å²) in [7, 11) is 0. The van der Waals surface area contributed by atoms with E-state index in [1.165, 1.54) is 22.7 Å². The van der Waals surface area contributed by atoms with Crippen LogP contribution in [0.25, 0.3) is 11.6 Å². The van der Waals surface area contributed by atoms with E-state index in [0.29, 0.717) is 20.5 Å². The molecule has 0 radical (unpaired) electrons. The number of hydrogen-bond acceptors (Lipinski definition) is 7. The van der Waals surface area contributed by atoms with Crippen molar-refractivity contribution in [2.24, 2.45) is 4.99 Å². The zero-order valence-corrected chi connectivity index (χ0v) is 16.4. The molecule has 136 valence electrons. The average Bonchev–Trinajstić information content (AvgIpc) is 3.36. The smallest absolute Gasteiger partial charge is 0.227 e. The van der Waals surface area contributed by atoms with E-state index in [-0.39, 0.29) is 18.2 Å². The molecule has 0 bridgehead atoms. The molecular weight excluding hydrogens is 400 g/mol. The van der Waals surface area contributed by atoms with Crippen molar-refractivity contribution in [2.75, 3.05) is 5.32 Å². The van der Waals surface area contributed by atoms with Gasteiger partial charge in [0.05, 0.1) is 10.6 Å². The minimum Gasteiger partial charge on any atom is -0.493 e. The Hall–Kier alpha value is -2.62. The van der Waals surface area contributed by atoms with Gasteiger partial charge in [0, 0.05) is 41.9 Å². The molecule has 1 aliphatic heterocycles. The number of aromatic hydroxyl groups is 1. The molecule has 27 heavy (non-hydrogen) atoms. The SMILES string of the molecule is O=C(CCn1c(O)c(/C=C2/C=Nc3ccccc32)sc1=S)Nc1nccs1. The second-order valence-corrected chi connectivity index (χ2v) is 8.29. The lowest BCUT2D eigenvalue weighted by Crippen LogP contribution is -2.14. The number of rotatable bonds is 5. The van der Waals surface area contributed by atoms with Crippen LogP contribution >= 0.6 is 34.9 Å². The van der Waals surface area contributed by atoms with Crippen molar-refractivity contribution in [3.05, 3.63) is 50.2 Å². The number of carbonyl (C=O) groups is 1. The maximum atomic E-state index is 12.0. The summed E-state index contributed by atoms with van der Waals surface area (Å²) < 4.78 is 2.09. The standard InChI is InChI=1S/C18H14N4O2S3/c23-15(21-17-19-6-8-26-17)5-7-22-16(24)14(27-18(22)25)9-11-10-20-13-4-2-1-3-12(11)13/h1-4,6,8-10,24H,5,7H2,(H,19,21,23)/b11-9-. The van der Waals surface area contributed by atoms with Crippen molar-refractivity contribution in [1.82, 2.24) is 9.55 Å². The normalized spacial score (nSPS) is 13.9. The minimum absolute atomic E-state index is 0.0670. The van der Waals surface area contributed by atoms with Gasteiger partial charge in [-0.15, -0.1) is 22.7 Å². The second kappa shape index (κ2) is 7.55. The minimum atomic E-state index is -0.172.